The van der Waals surface area contributed by atoms with E-state index in [1.807, 2.05) is 6.21 Å². The summed E-state index contributed by atoms with van der Waals surface area (Å²) in [6, 6.07) is 4.71. The van der Waals surface area contributed by atoms with Crippen LogP contribution in [0.4, 0.5) is 0 Å². The zero-order valence-corrected chi connectivity index (χ0v) is 16.2. The maximum Gasteiger partial charge on any atom is 0.128 e. The van der Waals surface area contributed by atoms with Crippen molar-refractivity contribution in [1.82, 2.24) is 5.32 Å². The van der Waals surface area contributed by atoms with E-state index in [0.29, 0.717) is 11.8 Å². The SMILES string of the molecule is CC(C)(C)c1cc(C=NC[C@@H]2CCCCN2)c(O)c(C(C)(C)C)c1. The molecule has 1 aromatic carbocycles. The summed E-state index contributed by atoms with van der Waals surface area (Å²) in [5.74, 6) is 0.371. The van der Waals surface area contributed by atoms with E-state index in [1.54, 1.807) is 0 Å². The van der Waals surface area contributed by atoms with Crippen LogP contribution in [0.3, 0.4) is 0 Å². The molecule has 3 nitrogen and oxygen atoms in total. The first-order chi connectivity index (χ1) is 11.1. The third-order valence-electron chi connectivity index (χ3n) is 4.78. The van der Waals surface area contributed by atoms with Crippen molar-refractivity contribution in [2.45, 2.75) is 77.7 Å². The topological polar surface area (TPSA) is 44.6 Å². The average Bonchev–Trinajstić information content (AvgIpc) is 2.47. The van der Waals surface area contributed by atoms with Crippen LogP contribution in [0.2, 0.25) is 0 Å². The van der Waals surface area contributed by atoms with Crippen molar-refractivity contribution in [3.05, 3.63) is 28.8 Å². The van der Waals surface area contributed by atoms with E-state index in [9.17, 15) is 5.11 Å². The van der Waals surface area contributed by atoms with Crippen LogP contribution in [0.5, 0.6) is 5.75 Å². The molecule has 1 fully saturated rings. The first-order valence-corrected chi connectivity index (χ1v) is 9.20. The second-order valence-electron chi connectivity index (χ2n) is 9.10. The van der Waals surface area contributed by atoms with E-state index in [0.717, 1.165) is 24.2 Å². The van der Waals surface area contributed by atoms with Crippen molar-refractivity contribution in [1.29, 1.82) is 0 Å². The number of nitrogens with zero attached hydrogens (tertiary/aromatic N) is 1. The van der Waals surface area contributed by atoms with Crippen molar-refractivity contribution in [2.24, 2.45) is 4.99 Å². The fourth-order valence-corrected chi connectivity index (χ4v) is 3.12. The first kappa shape index (κ1) is 19.0. The zero-order chi connectivity index (χ0) is 18.0. The molecule has 0 radical (unpaired) electrons. The Labute approximate surface area is 147 Å². The summed E-state index contributed by atoms with van der Waals surface area (Å²) in [4.78, 5) is 4.62. The summed E-state index contributed by atoms with van der Waals surface area (Å²) in [6.07, 6.45) is 5.60. The van der Waals surface area contributed by atoms with Crippen LogP contribution in [0.25, 0.3) is 0 Å². The number of benzene rings is 1. The van der Waals surface area contributed by atoms with E-state index >= 15 is 0 Å². The number of rotatable bonds is 3. The Balaban J connectivity index is 2.30. The Morgan fingerprint density at radius 1 is 1.12 bits per heavy atom. The van der Waals surface area contributed by atoms with Crippen molar-refractivity contribution in [3.8, 4) is 5.75 Å². The average molecular weight is 331 g/mol. The minimum atomic E-state index is -0.0984. The second-order valence-corrected chi connectivity index (χ2v) is 9.10. The molecule has 1 heterocycles. The largest absolute Gasteiger partial charge is 0.507 e. The number of aromatic hydroxyl groups is 1. The van der Waals surface area contributed by atoms with Gasteiger partial charge in [0, 0.05) is 23.4 Å². The number of piperidine rings is 1. The molecule has 2 N–H and O–H groups in total. The fraction of sp³-hybridized carbons (Fsp3) is 0.667. The van der Waals surface area contributed by atoms with Gasteiger partial charge in [-0.05, 0) is 41.8 Å². The summed E-state index contributed by atoms with van der Waals surface area (Å²) < 4.78 is 0. The van der Waals surface area contributed by atoms with Gasteiger partial charge in [0.05, 0.1) is 6.54 Å². The second kappa shape index (κ2) is 7.26. The molecule has 0 amide bonds. The van der Waals surface area contributed by atoms with Gasteiger partial charge in [0.2, 0.25) is 0 Å². The van der Waals surface area contributed by atoms with Crippen LogP contribution in [0, 0.1) is 0 Å². The van der Waals surface area contributed by atoms with E-state index in [1.165, 1.54) is 24.8 Å². The van der Waals surface area contributed by atoms with Crippen LogP contribution in [0.1, 0.15) is 77.5 Å². The van der Waals surface area contributed by atoms with E-state index in [-0.39, 0.29) is 10.8 Å². The van der Waals surface area contributed by atoms with Crippen molar-refractivity contribution in [3.63, 3.8) is 0 Å². The Morgan fingerprint density at radius 3 is 2.38 bits per heavy atom. The molecule has 0 saturated carbocycles. The van der Waals surface area contributed by atoms with Gasteiger partial charge in [0.25, 0.3) is 0 Å². The maximum absolute atomic E-state index is 10.7. The summed E-state index contributed by atoms with van der Waals surface area (Å²) in [5.41, 5.74) is 3.01. The molecule has 0 aromatic heterocycles. The highest BCUT2D eigenvalue weighted by Crippen LogP contribution is 2.37. The highest BCUT2D eigenvalue weighted by atomic mass is 16.3. The van der Waals surface area contributed by atoms with Crippen LogP contribution >= 0.6 is 0 Å². The molecule has 134 valence electrons. The Hall–Kier alpha value is -1.35. The lowest BCUT2D eigenvalue weighted by molar-refractivity contribution is 0.408. The predicted octanol–water partition coefficient (Wildman–Crippen LogP) is 4.55. The lowest BCUT2D eigenvalue weighted by Gasteiger charge is -2.27. The van der Waals surface area contributed by atoms with E-state index in [4.69, 9.17) is 0 Å². The predicted molar refractivity (Wildman–Crippen MR) is 104 cm³/mol. The normalized spacial score (nSPS) is 19.8. The lowest BCUT2D eigenvalue weighted by atomic mass is 9.79. The molecule has 3 heteroatoms. The lowest BCUT2D eigenvalue weighted by Crippen LogP contribution is -2.36. The molecule has 1 aromatic rings. The number of hydrogen-bond acceptors (Lipinski definition) is 3. The summed E-state index contributed by atoms with van der Waals surface area (Å²) >= 11 is 0. The van der Waals surface area contributed by atoms with Crippen molar-refractivity contribution >= 4 is 6.21 Å². The highest BCUT2D eigenvalue weighted by molar-refractivity contribution is 5.85. The van der Waals surface area contributed by atoms with Gasteiger partial charge in [0.1, 0.15) is 5.75 Å². The van der Waals surface area contributed by atoms with Gasteiger partial charge >= 0.3 is 0 Å². The molecule has 1 atom stereocenters. The van der Waals surface area contributed by atoms with Crippen LogP contribution < -0.4 is 5.32 Å². The molecule has 0 unspecified atom stereocenters. The molecule has 0 bridgehead atoms. The van der Waals surface area contributed by atoms with Crippen molar-refractivity contribution < 1.29 is 5.11 Å². The first-order valence-electron chi connectivity index (χ1n) is 9.20. The molecule has 2 rings (SSSR count). The molecule has 1 saturated heterocycles. The fourth-order valence-electron chi connectivity index (χ4n) is 3.12. The maximum atomic E-state index is 10.7. The highest BCUT2D eigenvalue weighted by Gasteiger charge is 2.24. The van der Waals surface area contributed by atoms with E-state index < -0.39 is 0 Å². The van der Waals surface area contributed by atoms with Gasteiger partial charge < -0.3 is 10.4 Å². The van der Waals surface area contributed by atoms with Crippen LogP contribution in [0.15, 0.2) is 17.1 Å². The smallest absolute Gasteiger partial charge is 0.128 e. The van der Waals surface area contributed by atoms with Crippen molar-refractivity contribution in [2.75, 3.05) is 13.1 Å². The molecular weight excluding hydrogens is 296 g/mol. The standard InChI is InChI=1S/C21H34N2O/c1-20(2,3)16-11-15(19(24)18(12-16)21(4,5)6)13-22-14-17-9-7-8-10-23-17/h11-13,17,23-24H,7-10,14H2,1-6H3/t17-/m0/s1. The number of nitrogens with one attached hydrogen (secondary N) is 1. The minimum absolute atomic E-state index is 0.0429. The van der Waals surface area contributed by atoms with Gasteiger partial charge in [-0.15, -0.1) is 0 Å². The molecule has 0 aliphatic carbocycles. The molecular formula is C21H34N2O. The molecule has 24 heavy (non-hydrogen) atoms. The van der Waals surface area contributed by atoms with Gasteiger partial charge in [0.15, 0.2) is 0 Å². The van der Waals surface area contributed by atoms with E-state index in [2.05, 4.69) is 64.0 Å². The number of phenolic OH excluding ortho intramolecular Hbond substituents is 1. The van der Waals surface area contributed by atoms with Gasteiger partial charge in [-0.25, -0.2) is 0 Å². The Bertz CT molecular complexity index is 585. The third-order valence-corrected chi connectivity index (χ3v) is 4.78. The zero-order valence-electron chi connectivity index (χ0n) is 16.2. The number of aliphatic imine (C=N–C) groups is 1. The Kier molecular flexibility index (Phi) is 5.74. The van der Waals surface area contributed by atoms with Gasteiger partial charge in [-0.2, -0.15) is 0 Å². The molecule has 0 spiro atoms. The quantitative estimate of drug-likeness (QED) is 0.799. The number of hydrogen-bond donors (Lipinski definition) is 2. The third kappa shape index (κ3) is 4.83. The summed E-state index contributed by atoms with van der Waals surface area (Å²) in [7, 11) is 0. The monoisotopic (exact) mass is 330 g/mol. The van der Waals surface area contributed by atoms with Gasteiger partial charge in [-0.1, -0.05) is 54.0 Å². The summed E-state index contributed by atoms with van der Waals surface area (Å²) in [5, 5.41) is 14.3. The van der Waals surface area contributed by atoms with Crippen LogP contribution in [-0.2, 0) is 10.8 Å². The minimum Gasteiger partial charge on any atom is -0.507 e. The number of phenols is 1. The van der Waals surface area contributed by atoms with Gasteiger partial charge in [-0.3, -0.25) is 4.99 Å². The molecule has 1 aliphatic rings. The summed E-state index contributed by atoms with van der Waals surface area (Å²) in [6.45, 7) is 14.9. The Morgan fingerprint density at radius 2 is 1.83 bits per heavy atom. The molecule has 1 aliphatic heterocycles. The van der Waals surface area contributed by atoms with Crippen LogP contribution in [-0.4, -0.2) is 30.5 Å².